The van der Waals surface area contributed by atoms with E-state index in [-0.39, 0.29) is 5.75 Å². The molecule has 0 radical (unpaired) electrons. The first kappa shape index (κ1) is 15.7. The third-order valence-corrected chi connectivity index (χ3v) is 3.64. The quantitative estimate of drug-likeness (QED) is 0.769. The molecule has 6 heteroatoms. The highest BCUT2D eigenvalue weighted by Crippen LogP contribution is 2.41. The number of ether oxygens (including phenoxy) is 3. The standard InChI is InChI=1S/C18H17NO5/c1-21-16-8-11(9-17(22-2)18(16)23-3)13-10-15(24-19-13)12-6-4-5-7-14(12)20/h4-10,20H,1-3H3. The van der Waals surface area contributed by atoms with Gasteiger partial charge in [-0.3, -0.25) is 0 Å². The number of phenols is 1. The van der Waals surface area contributed by atoms with Crippen LogP contribution >= 0.6 is 0 Å². The molecule has 3 rings (SSSR count). The summed E-state index contributed by atoms with van der Waals surface area (Å²) in [5.74, 6) is 2.16. The van der Waals surface area contributed by atoms with E-state index in [1.807, 2.05) is 6.07 Å². The molecule has 0 aliphatic carbocycles. The predicted molar refractivity (Wildman–Crippen MR) is 88.7 cm³/mol. The van der Waals surface area contributed by atoms with Gasteiger partial charge in [-0.2, -0.15) is 0 Å². The number of phenolic OH excluding ortho intramolecular Hbond substituents is 1. The average molecular weight is 327 g/mol. The monoisotopic (exact) mass is 327 g/mol. The first-order chi connectivity index (χ1) is 11.7. The molecule has 1 aromatic heterocycles. The van der Waals surface area contributed by atoms with Gasteiger partial charge in [0.1, 0.15) is 11.4 Å². The first-order valence-corrected chi connectivity index (χ1v) is 7.23. The maximum absolute atomic E-state index is 9.93. The summed E-state index contributed by atoms with van der Waals surface area (Å²) in [6.45, 7) is 0. The van der Waals surface area contributed by atoms with Crippen LogP contribution in [0.25, 0.3) is 22.6 Å². The molecule has 0 bridgehead atoms. The normalized spacial score (nSPS) is 10.5. The molecule has 0 aliphatic rings. The minimum Gasteiger partial charge on any atom is -0.507 e. The number of nitrogens with zero attached hydrogens (tertiary/aromatic N) is 1. The second-order valence-corrected chi connectivity index (χ2v) is 5.01. The third-order valence-electron chi connectivity index (χ3n) is 3.64. The van der Waals surface area contributed by atoms with Crippen LogP contribution in [-0.4, -0.2) is 31.6 Å². The Labute approximate surface area is 139 Å². The molecule has 0 fully saturated rings. The number of hydrogen-bond acceptors (Lipinski definition) is 6. The van der Waals surface area contributed by atoms with Crippen LogP contribution in [0.2, 0.25) is 0 Å². The van der Waals surface area contributed by atoms with Crippen molar-refractivity contribution in [2.75, 3.05) is 21.3 Å². The molecule has 6 nitrogen and oxygen atoms in total. The molecule has 2 aromatic carbocycles. The van der Waals surface area contributed by atoms with Gasteiger partial charge in [-0.1, -0.05) is 17.3 Å². The summed E-state index contributed by atoms with van der Waals surface area (Å²) < 4.78 is 21.4. The molecule has 0 unspecified atom stereocenters. The fourth-order valence-electron chi connectivity index (χ4n) is 2.45. The number of hydrogen-bond donors (Lipinski definition) is 1. The highest BCUT2D eigenvalue weighted by molar-refractivity contribution is 5.73. The number of para-hydroxylation sites is 1. The van der Waals surface area contributed by atoms with Gasteiger partial charge in [-0.15, -0.1) is 0 Å². The molecular formula is C18H17NO5. The van der Waals surface area contributed by atoms with E-state index < -0.39 is 0 Å². The van der Waals surface area contributed by atoms with Gasteiger partial charge in [0.15, 0.2) is 17.3 Å². The smallest absolute Gasteiger partial charge is 0.203 e. The van der Waals surface area contributed by atoms with Crippen LogP contribution in [0.15, 0.2) is 47.0 Å². The summed E-state index contributed by atoms with van der Waals surface area (Å²) in [4.78, 5) is 0. The van der Waals surface area contributed by atoms with E-state index in [9.17, 15) is 5.11 Å². The van der Waals surface area contributed by atoms with Crippen molar-refractivity contribution in [1.29, 1.82) is 0 Å². The minimum atomic E-state index is 0.130. The number of methoxy groups -OCH3 is 3. The second-order valence-electron chi connectivity index (χ2n) is 5.01. The van der Waals surface area contributed by atoms with Crippen LogP contribution in [0.3, 0.4) is 0 Å². The van der Waals surface area contributed by atoms with Gasteiger partial charge in [0, 0.05) is 11.6 Å². The van der Waals surface area contributed by atoms with Crippen molar-refractivity contribution in [3.63, 3.8) is 0 Å². The zero-order chi connectivity index (χ0) is 17.1. The van der Waals surface area contributed by atoms with E-state index in [0.29, 0.717) is 34.3 Å². The molecule has 0 amide bonds. The van der Waals surface area contributed by atoms with Crippen LogP contribution in [0, 0.1) is 0 Å². The van der Waals surface area contributed by atoms with Gasteiger partial charge in [0.05, 0.1) is 26.9 Å². The Morgan fingerprint density at radius 1 is 0.917 bits per heavy atom. The summed E-state index contributed by atoms with van der Waals surface area (Å²) in [7, 11) is 4.65. The van der Waals surface area contributed by atoms with E-state index in [2.05, 4.69) is 5.16 Å². The molecule has 0 atom stereocenters. The summed E-state index contributed by atoms with van der Waals surface area (Å²) in [5, 5.41) is 14.0. The Hall–Kier alpha value is -3.15. The first-order valence-electron chi connectivity index (χ1n) is 7.23. The highest BCUT2D eigenvalue weighted by Gasteiger charge is 2.17. The maximum atomic E-state index is 9.93. The van der Waals surface area contributed by atoms with Gasteiger partial charge in [-0.05, 0) is 24.3 Å². The van der Waals surface area contributed by atoms with Gasteiger partial charge in [0.2, 0.25) is 5.75 Å². The fourth-order valence-corrected chi connectivity index (χ4v) is 2.45. The summed E-state index contributed by atoms with van der Waals surface area (Å²) in [6, 6.07) is 12.2. The van der Waals surface area contributed by atoms with E-state index >= 15 is 0 Å². The van der Waals surface area contributed by atoms with Crippen LogP contribution in [0.1, 0.15) is 0 Å². The van der Waals surface area contributed by atoms with Crippen molar-refractivity contribution in [2.45, 2.75) is 0 Å². The molecule has 124 valence electrons. The lowest BCUT2D eigenvalue weighted by Crippen LogP contribution is -1.95. The third kappa shape index (κ3) is 2.74. The Morgan fingerprint density at radius 3 is 2.17 bits per heavy atom. The van der Waals surface area contributed by atoms with E-state index in [1.165, 1.54) is 0 Å². The lowest BCUT2D eigenvalue weighted by Gasteiger charge is -2.13. The fraction of sp³-hybridized carbons (Fsp3) is 0.167. The van der Waals surface area contributed by atoms with Crippen molar-refractivity contribution in [3.8, 4) is 45.6 Å². The Bertz CT molecular complexity index is 831. The summed E-state index contributed by atoms with van der Waals surface area (Å²) >= 11 is 0. The largest absolute Gasteiger partial charge is 0.507 e. The Morgan fingerprint density at radius 2 is 1.58 bits per heavy atom. The van der Waals surface area contributed by atoms with Crippen LogP contribution in [0.5, 0.6) is 23.0 Å². The van der Waals surface area contributed by atoms with E-state index in [0.717, 1.165) is 5.56 Å². The van der Waals surface area contributed by atoms with Crippen LogP contribution in [0.4, 0.5) is 0 Å². The van der Waals surface area contributed by atoms with Crippen molar-refractivity contribution < 1.29 is 23.8 Å². The lowest BCUT2D eigenvalue weighted by molar-refractivity contribution is 0.324. The Balaban J connectivity index is 2.06. The van der Waals surface area contributed by atoms with E-state index in [4.69, 9.17) is 18.7 Å². The lowest BCUT2D eigenvalue weighted by atomic mass is 10.1. The molecular weight excluding hydrogens is 310 g/mol. The molecule has 0 saturated heterocycles. The predicted octanol–water partition coefficient (Wildman–Crippen LogP) is 3.74. The van der Waals surface area contributed by atoms with Crippen molar-refractivity contribution in [1.82, 2.24) is 5.16 Å². The molecule has 0 aliphatic heterocycles. The van der Waals surface area contributed by atoms with Gasteiger partial charge < -0.3 is 23.8 Å². The average Bonchev–Trinajstić information content (AvgIpc) is 3.10. The summed E-state index contributed by atoms with van der Waals surface area (Å²) in [6.07, 6.45) is 0. The highest BCUT2D eigenvalue weighted by atomic mass is 16.5. The molecule has 24 heavy (non-hydrogen) atoms. The zero-order valence-corrected chi connectivity index (χ0v) is 13.6. The van der Waals surface area contributed by atoms with Gasteiger partial charge in [-0.25, -0.2) is 0 Å². The molecule has 1 heterocycles. The van der Waals surface area contributed by atoms with Crippen LogP contribution < -0.4 is 14.2 Å². The van der Waals surface area contributed by atoms with Gasteiger partial charge >= 0.3 is 0 Å². The molecule has 1 N–H and O–H groups in total. The van der Waals surface area contributed by atoms with E-state index in [1.54, 1.807) is 57.7 Å². The minimum absolute atomic E-state index is 0.130. The second kappa shape index (κ2) is 6.54. The van der Waals surface area contributed by atoms with Crippen LogP contribution in [-0.2, 0) is 0 Å². The van der Waals surface area contributed by atoms with Crippen molar-refractivity contribution in [2.24, 2.45) is 0 Å². The summed E-state index contributed by atoms with van der Waals surface area (Å²) in [5.41, 5.74) is 1.91. The molecule has 0 saturated carbocycles. The SMILES string of the molecule is COc1cc(-c2cc(-c3ccccc3O)on2)cc(OC)c1OC. The topological polar surface area (TPSA) is 74.0 Å². The molecule has 3 aromatic rings. The molecule has 0 spiro atoms. The van der Waals surface area contributed by atoms with Crippen molar-refractivity contribution >= 4 is 0 Å². The van der Waals surface area contributed by atoms with Crippen molar-refractivity contribution in [3.05, 3.63) is 42.5 Å². The number of aromatic nitrogens is 1. The number of rotatable bonds is 5. The maximum Gasteiger partial charge on any atom is 0.203 e. The Kier molecular flexibility index (Phi) is 4.29. The zero-order valence-electron chi connectivity index (χ0n) is 13.6. The number of benzene rings is 2. The van der Waals surface area contributed by atoms with Gasteiger partial charge in [0.25, 0.3) is 0 Å². The number of aromatic hydroxyl groups is 1.